The lowest BCUT2D eigenvalue weighted by molar-refractivity contribution is -0.119. The summed E-state index contributed by atoms with van der Waals surface area (Å²) in [6.45, 7) is 5.57. The highest BCUT2D eigenvalue weighted by molar-refractivity contribution is 7.21. The second-order valence-corrected chi connectivity index (χ2v) is 8.10. The summed E-state index contributed by atoms with van der Waals surface area (Å²) in [5, 5.41) is 8.97. The standard InChI is InChI=1S/C19H19Cl2N3O3S/c1-5-13(24-10(3)15(20)9(2)23-24)18(25)22-11-6-7-12-14(8-11)28-17(16(12)21)19(26)27-4/h6-8,13H,5H2,1-4H3,(H,22,25)/t13-/m0/s1. The molecule has 0 unspecified atom stereocenters. The summed E-state index contributed by atoms with van der Waals surface area (Å²) in [5.74, 6) is -0.677. The summed E-state index contributed by atoms with van der Waals surface area (Å²) in [5.41, 5.74) is 2.05. The molecule has 0 aliphatic rings. The second-order valence-electron chi connectivity index (χ2n) is 6.29. The van der Waals surface area contributed by atoms with Crippen molar-refractivity contribution in [2.75, 3.05) is 12.4 Å². The number of thiophene rings is 1. The van der Waals surface area contributed by atoms with Gasteiger partial charge in [0.25, 0.3) is 0 Å². The van der Waals surface area contributed by atoms with Gasteiger partial charge < -0.3 is 10.1 Å². The van der Waals surface area contributed by atoms with Crippen LogP contribution in [0.4, 0.5) is 5.69 Å². The van der Waals surface area contributed by atoms with Gasteiger partial charge in [0.15, 0.2) is 0 Å². The van der Waals surface area contributed by atoms with E-state index < -0.39 is 12.0 Å². The van der Waals surface area contributed by atoms with E-state index in [1.165, 1.54) is 18.4 Å². The van der Waals surface area contributed by atoms with Crippen LogP contribution in [-0.2, 0) is 9.53 Å². The van der Waals surface area contributed by atoms with Crippen LogP contribution >= 0.6 is 34.5 Å². The first-order valence-electron chi connectivity index (χ1n) is 8.60. The lowest BCUT2D eigenvalue weighted by Crippen LogP contribution is -2.27. The Balaban J connectivity index is 1.89. The highest BCUT2D eigenvalue weighted by Gasteiger charge is 2.24. The molecule has 3 aromatic rings. The van der Waals surface area contributed by atoms with Crippen molar-refractivity contribution in [3.8, 4) is 0 Å². The van der Waals surface area contributed by atoms with Crippen LogP contribution in [0, 0.1) is 13.8 Å². The molecule has 0 saturated carbocycles. The third-order valence-electron chi connectivity index (χ3n) is 4.49. The molecule has 2 aromatic heterocycles. The number of rotatable bonds is 5. The summed E-state index contributed by atoms with van der Waals surface area (Å²) in [6, 6.07) is 4.83. The van der Waals surface area contributed by atoms with Gasteiger partial charge in [0, 0.05) is 15.8 Å². The smallest absolute Gasteiger partial charge is 0.349 e. The molecular weight excluding hydrogens is 421 g/mol. The quantitative estimate of drug-likeness (QED) is 0.540. The topological polar surface area (TPSA) is 73.2 Å². The third-order valence-corrected chi connectivity index (χ3v) is 6.67. The maximum absolute atomic E-state index is 12.9. The van der Waals surface area contributed by atoms with Crippen molar-refractivity contribution in [1.82, 2.24) is 9.78 Å². The van der Waals surface area contributed by atoms with E-state index in [0.29, 0.717) is 32.7 Å². The van der Waals surface area contributed by atoms with Gasteiger partial charge >= 0.3 is 5.97 Å². The first-order valence-corrected chi connectivity index (χ1v) is 10.2. The number of esters is 1. The molecule has 0 spiro atoms. The minimum atomic E-state index is -0.487. The number of fused-ring (bicyclic) bond motifs is 1. The number of nitrogens with zero attached hydrogens (tertiary/aromatic N) is 2. The molecule has 2 heterocycles. The van der Waals surface area contributed by atoms with Gasteiger partial charge in [0.1, 0.15) is 10.9 Å². The minimum Gasteiger partial charge on any atom is -0.465 e. The molecule has 0 saturated heterocycles. The molecule has 9 heteroatoms. The number of anilines is 1. The van der Waals surface area contributed by atoms with Crippen molar-refractivity contribution < 1.29 is 14.3 Å². The fourth-order valence-corrected chi connectivity index (χ4v) is 4.60. The molecule has 148 valence electrons. The maximum atomic E-state index is 12.9. The molecule has 6 nitrogen and oxygen atoms in total. The Hall–Kier alpha value is -2.09. The molecule has 0 fully saturated rings. The first kappa shape index (κ1) is 20.6. The number of carbonyl (C=O) groups excluding carboxylic acids is 2. The van der Waals surface area contributed by atoms with Gasteiger partial charge in [-0.1, -0.05) is 30.1 Å². The number of hydrogen-bond acceptors (Lipinski definition) is 5. The molecule has 0 aliphatic carbocycles. The van der Waals surface area contributed by atoms with Crippen LogP contribution in [0.1, 0.15) is 40.4 Å². The van der Waals surface area contributed by atoms with Gasteiger partial charge in [-0.25, -0.2) is 4.79 Å². The lowest BCUT2D eigenvalue weighted by atomic mass is 10.2. The van der Waals surface area contributed by atoms with Crippen LogP contribution in [0.5, 0.6) is 0 Å². The van der Waals surface area contributed by atoms with E-state index in [4.69, 9.17) is 27.9 Å². The van der Waals surface area contributed by atoms with Crippen molar-refractivity contribution >= 4 is 62.2 Å². The SMILES string of the molecule is CC[C@@H](C(=O)Nc1ccc2c(Cl)c(C(=O)OC)sc2c1)n1nc(C)c(Cl)c1C. The van der Waals surface area contributed by atoms with E-state index in [-0.39, 0.29) is 5.91 Å². The molecular formula is C19H19Cl2N3O3S. The maximum Gasteiger partial charge on any atom is 0.349 e. The van der Waals surface area contributed by atoms with Crippen molar-refractivity contribution in [3.63, 3.8) is 0 Å². The number of carbonyl (C=O) groups is 2. The van der Waals surface area contributed by atoms with Gasteiger partial charge in [0.2, 0.25) is 5.91 Å². The van der Waals surface area contributed by atoms with Crippen LogP contribution < -0.4 is 5.32 Å². The number of ether oxygens (including phenoxy) is 1. The third kappa shape index (κ3) is 3.62. The predicted octanol–water partition coefficient (Wildman–Crippen LogP) is 5.40. The second kappa shape index (κ2) is 8.11. The lowest BCUT2D eigenvalue weighted by Gasteiger charge is -2.17. The summed E-state index contributed by atoms with van der Waals surface area (Å²) in [7, 11) is 1.31. The average Bonchev–Trinajstić information content (AvgIpc) is 3.13. The van der Waals surface area contributed by atoms with Crippen LogP contribution in [-0.4, -0.2) is 28.8 Å². The minimum absolute atomic E-state index is 0.194. The Morgan fingerprint density at radius 2 is 2.00 bits per heavy atom. The Bertz CT molecular complexity index is 1070. The molecule has 1 N–H and O–H groups in total. The number of halogens is 2. The van der Waals surface area contributed by atoms with E-state index in [2.05, 4.69) is 10.4 Å². The normalized spacial score (nSPS) is 12.2. The highest BCUT2D eigenvalue weighted by Crippen LogP contribution is 2.37. The zero-order valence-corrected chi connectivity index (χ0v) is 18.1. The number of aryl methyl sites for hydroxylation is 1. The van der Waals surface area contributed by atoms with E-state index in [0.717, 1.165) is 15.8 Å². The molecule has 28 heavy (non-hydrogen) atoms. The fourth-order valence-electron chi connectivity index (χ4n) is 3.01. The van der Waals surface area contributed by atoms with Crippen LogP contribution in [0.25, 0.3) is 10.1 Å². The monoisotopic (exact) mass is 439 g/mol. The van der Waals surface area contributed by atoms with Gasteiger partial charge in [-0.2, -0.15) is 5.10 Å². The molecule has 0 bridgehead atoms. The van der Waals surface area contributed by atoms with Crippen molar-refractivity contribution in [3.05, 3.63) is 44.5 Å². The zero-order chi connectivity index (χ0) is 20.6. The predicted molar refractivity (Wildman–Crippen MR) is 113 cm³/mol. The van der Waals surface area contributed by atoms with Crippen LogP contribution in [0.15, 0.2) is 18.2 Å². The highest BCUT2D eigenvalue weighted by atomic mass is 35.5. The number of benzene rings is 1. The molecule has 1 atom stereocenters. The number of aromatic nitrogens is 2. The number of methoxy groups -OCH3 is 1. The Morgan fingerprint density at radius 1 is 1.29 bits per heavy atom. The largest absolute Gasteiger partial charge is 0.465 e. The number of amides is 1. The van der Waals surface area contributed by atoms with E-state index in [9.17, 15) is 9.59 Å². The van der Waals surface area contributed by atoms with Gasteiger partial charge in [0.05, 0.1) is 28.5 Å². The van der Waals surface area contributed by atoms with Gasteiger partial charge in [-0.15, -0.1) is 11.3 Å². The summed E-state index contributed by atoms with van der Waals surface area (Å²) in [6.07, 6.45) is 0.559. The molecule has 0 aliphatic heterocycles. The average molecular weight is 440 g/mol. The zero-order valence-electron chi connectivity index (χ0n) is 15.8. The van der Waals surface area contributed by atoms with E-state index >= 15 is 0 Å². The van der Waals surface area contributed by atoms with Crippen molar-refractivity contribution in [2.24, 2.45) is 0 Å². The van der Waals surface area contributed by atoms with E-state index in [1.807, 2.05) is 20.8 Å². The van der Waals surface area contributed by atoms with E-state index in [1.54, 1.807) is 22.9 Å². The van der Waals surface area contributed by atoms with Gasteiger partial charge in [-0.3, -0.25) is 9.48 Å². The van der Waals surface area contributed by atoms with Crippen LogP contribution in [0.3, 0.4) is 0 Å². The first-order chi connectivity index (χ1) is 13.3. The number of nitrogens with one attached hydrogen (secondary N) is 1. The van der Waals surface area contributed by atoms with Crippen LogP contribution in [0.2, 0.25) is 10.0 Å². The summed E-state index contributed by atoms with van der Waals surface area (Å²) in [4.78, 5) is 25.0. The van der Waals surface area contributed by atoms with Crippen molar-refractivity contribution in [1.29, 1.82) is 0 Å². The van der Waals surface area contributed by atoms with Gasteiger partial charge in [-0.05, 0) is 38.5 Å². The molecule has 1 aromatic carbocycles. The molecule has 3 rings (SSSR count). The fraction of sp³-hybridized carbons (Fsp3) is 0.316. The number of hydrogen-bond donors (Lipinski definition) is 1. The Labute approximate surface area is 176 Å². The van der Waals surface area contributed by atoms with Crippen molar-refractivity contribution in [2.45, 2.75) is 33.2 Å². The summed E-state index contributed by atoms with van der Waals surface area (Å²) < 4.78 is 7.19. The Morgan fingerprint density at radius 3 is 2.57 bits per heavy atom. The Kier molecular flexibility index (Phi) is 5.98. The molecule has 0 radical (unpaired) electrons. The molecule has 1 amide bonds. The summed E-state index contributed by atoms with van der Waals surface area (Å²) >= 11 is 13.7.